The van der Waals surface area contributed by atoms with Gasteiger partial charge in [0.25, 0.3) is 16.7 Å². The third kappa shape index (κ3) is 7.65. The van der Waals surface area contributed by atoms with Crippen LogP contribution in [0.25, 0.3) is 32.7 Å². The molecule has 2 aromatic heterocycles. The van der Waals surface area contributed by atoms with Gasteiger partial charge in [0.1, 0.15) is 30.1 Å². The summed E-state index contributed by atoms with van der Waals surface area (Å²) >= 11 is 0. The first-order chi connectivity index (χ1) is 27.6. The molecule has 5 N–H and O–H groups in total. The van der Waals surface area contributed by atoms with E-state index in [-0.39, 0.29) is 65.7 Å². The molecule has 3 fully saturated rings. The van der Waals surface area contributed by atoms with E-state index in [9.17, 15) is 39.9 Å². The monoisotopic (exact) mass is 794 g/mol. The predicted molar refractivity (Wildman–Crippen MR) is 200 cm³/mol. The first-order valence-electron chi connectivity index (χ1n) is 19.1. The average molecular weight is 795 g/mol. The predicted octanol–water partition coefficient (Wildman–Crippen LogP) is -3.46. The Morgan fingerprint density at radius 1 is 0.789 bits per heavy atom. The molecule has 5 aliphatic rings. The van der Waals surface area contributed by atoms with Crippen molar-refractivity contribution in [3.05, 3.63) is 66.5 Å². The number of aliphatic hydroxyl groups excluding tert-OH is 4. The number of morpholine rings is 2. The Morgan fingerprint density at radius 3 is 2.14 bits per heavy atom. The third-order valence-electron chi connectivity index (χ3n) is 11.1. The van der Waals surface area contributed by atoms with E-state index in [2.05, 4.69) is 20.1 Å². The number of nitrogens with zero attached hydrogens (tertiary/aromatic N) is 8. The minimum absolute atomic E-state index is 0.0381. The number of aromatic nitrogens is 5. The van der Waals surface area contributed by atoms with Gasteiger partial charge in [0.15, 0.2) is 6.29 Å². The molecular formula is C37H46N8O12. The molecule has 0 saturated carbocycles. The fourth-order valence-electron chi connectivity index (χ4n) is 7.88. The lowest BCUT2D eigenvalue weighted by Crippen LogP contribution is -2.59. The Morgan fingerprint density at radius 2 is 1.46 bits per heavy atom. The molecule has 6 heterocycles. The van der Waals surface area contributed by atoms with Gasteiger partial charge in [-0.05, 0) is 18.2 Å². The van der Waals surface area contributed by atoms with Crippen LogP contribution in [-0.2, 0) is 45.1 Å². The first-order valence-corrected chi connectivity index (χ1v) is 19.1. The largest absolute Gasteiger partial charge is 0.494 e. The number of hydrogen-bond acceptors (Lipinski definition) is 17. The zero-order valence-corrected chi connectivity index (χ0v) is 31.2. The smallest absolute Gasteiger partial charge is 0.263 e. The van der Waals surface area contributed by atoms with Gasteiger partial charge in [-0.1, -0.05) is 5.21 Å². The van der Waals surface area contributed by atoms with Crippen LogP contribution in [0, 0.1) is 0 Å². The maximum Gasteiger partial charge on any atom is 0.263 e. The van der Waals surface area contributed by atoms with Crippen molar-refractivity contribution >= 4 is 21.5 Å². The van der Waals surface area contributed by atoms with Crippen LogP contribution in [0.3, 0.4) is 0 Å². The highest BCUT2D eigenvalue weighted by Gasteiger charge is 2.44. The molecule has 20 nitrogen and oxygen atoms in total. The molecule has 0 bridgehead atoms. The fraction of sp³-hybridized carbons (Fsp3) is 0.568. The summed E-state index contributed by atoms with van der Waals surface area (Å²) in [6, 6.07) is 4.76. The van der Waals surface area contributed by atoms with E-state index in [1.807, 2.05) is 0 Å². The molecule has 1 aliphatic carbocycles. The van der Waals surface area contributed by atoms with E-state index < -0.39 is 54.0 Å². The second-order valence-electron chi connectivity index (χ2n) is 14.5. The molecule has 3 saturated heterocycles. The number of rotatable bonds is 13. The van der Waals surface area contributed by atoms with Crippen molar-refractivity contribution < 1.29 is 44.5 Å². The number of pyridine rings is 2. The second-order valence-corrected chi connectivity index (χ2v) is 14.5. The lowest BCUT2D eigenvalue weighted by atomic mass is 9.90. The van der Waals surface area contributed by atoms with Crippen molar-refractivity contribution in [2.45, 2.75) is 56.9 Å². The van der Waals surface area contributed by atoms with Gasteiger partial charge in [0, 0.05) is 74.1 Å². The zero-order valence-electron chi connectivity index (χ0n) is 31.2. The van der Waals surface area contributed by atoms with Crippen LogP contribution in [-0.4, -0.2) is 169 Å². The quantitative estimate of drug-likeness (QED) is 0.0727. The summed E-state index contributed by atoms with van der Waals surface area (Å²) in [6.45, 7) is 5.81. The highest BCUT2D eigenvalue weighted by molar-refractivity contribution is 6.15. The van der Waals surface area contributed by atoms with Gasteiger partial charge in [-0.15, -0.1) is 5.10 Å². The molecule has 1 aromatic carbocycles. The molecule has 0 radical (unpaired) electrons. The van der Waals surface area contributed by atoms with Gasteiger partial charge in [-0.3, -0.25) is 38.3 Å². The maximum absolute atomic E-state index is 14.4. The van der Waals surface area contributed by atoms with Crippen LogP contribution in [0.5, 0.6) is 5.88 Å². The number of hydrogen-bond donors (Lipinski definition) is 5. The maximum atomic E-state index is 14.4. The molecule has 306 valence electrons. The zero-order chi connectivity index (χ0) is 39.8. The number of benzene rings is 2. The van der Waals surface area contributed by atoms with E-state index in [1.54, 1.807) is 24.4 Å². The van der Waals surface area contributed by atoms with Crippen molar-refractivity contribution in [2.75, 3.05) is 78.9 Å². The Labute approximate surface area is 323 Å². The molecule has 0 amide bonds. The molecule has 20 heteroatoms. The molecule has 0 spiro atoms. The summed E-state index contributed by atoms with van der Waals surface area (Å²) in [4.78, 5) is 51.6. The molecule has 57 heavy (non-hydrogen) atoms. The van der Waals surface area contributed by atoms with E-state index in [0.717, 1.165) is 0 Å². The molecule has 5 atom stereocenters. The van der Waals surface area contributed by atoms with Crippen molar-refractivity contribution in [2.24, 2.45) is 4.99 Å². The molecule has 0 unspecified atom stereocenters. The van der Waals surface area contributed by atoms with Crippen LogP contribution in [0.2, 0.25) is 0 Å². The minimum Gasteiger partial charge on any atom is -0.494 e. The van der Waals surface area contributed by atoms with Gasteiger partial charge in [0.05, 0.1) is 75.2 Å². The van der Waals surface area contributed by atoms with Gasteiger partial charge in [-0.2, -0.15) is 0 Å². The summed E-state index contributed by atoms with van der Waals surface area (Å²) < 4.78 is 25.9. The molecule has 4 aliphatic heterocycles. The minimum atomic E-state index is -1.57. The summed E-state index contributed by atoms with van der Waals surface area (Å²) in [7, 11) is 0. The van der Waals surface area contributed by atoms with Crippen LogP contribution in [0.4, 0.5) is 0 Å². The topological polar surface area (TPSA) is 249 Å². The molecule has 3 aromatic rings. The summed E-state index contributed by atoms with van der Waals surface area (Å²) in [5.74, 6) is -0.265. The van der Waals surface area contributed by atoms with Gasteiger partial charge >= 0.3 is 0 Å². The van der Waals surface area contributed by atoms with Gasteiger partial charge in [0.2, 0.25) is 5.88 Å². The summed E-state index contributed by atoms with van der Waals surface area (Å²) in [6.07, 6.45) is -5.42. The SMILES string of the molecule is O=c1c2c(=NCc3cn(CCO[C@H]4O[C@H](CO)[C@@H](O)[C@H](O)[C@@H]4O)nn3)cc3c(=O)n(CCN4CCOCC4)c(=O)c4ccc(c(O)n1CCN1CCOCC1)c2c4-3. The number of aliphatic hydroxyl groups is 4. The Kier molecular flexibility index (Phi) is 11.6. The Hall–Kier alpha value is -4.48. The van der Waals surface area contributed by atoms with Crippen molar-refractivity contribution in [3.8, 4) is 17.0 Å². The lowest BCUT2D eigenvalue weighted by Gasteiger charge is -2.39. The standard InChI is InChI=1S/C37H46N8O12/c46-20-26-30(47)31(48)32(49)37(57-26)56-16-11-43-19-21(39-40-43)18-38-25-17-24-27-22(33(50)44(35(24)52)5-3-41-7-12-54-13-8-41)1-2-23-28(27)29(25)36(53)45(34(23)51)6-4-42-9-14-55-15-10-42/h1-2,17,19,26,30-32,37,46-49,51H,3-16,18,20H2/t26-,30-,31+,32+,37+/m1/s1. The van der Waals surface area contributed by atoms with E-state index >= 15 is 0 Å². The van der Waals surface area contributed by atoms with Crippen LogP contribution in [0.15, 0.2) is 43.8 Å². The van der Waals surface area contributed by atoms with Crippen molar-refractivity contribution in [1.82, 2.24) is 33.9 Å². The van der Waals surface area contributed by atoms with Crippen LogP contribution in [0.1, 0.15) is 5.69 Å². The van der Waals surface area contributed by atoms with E-state index in [4.69, 9.17) is 23.9 Å². The van der Waals surface area contributed by atoms with E-state index in [0.29, 0.717) is 82.3 Å². The van der Waals surface area contributed by atoms with Crippen molar-refractivity contribution in [1.29, 1.82) is 0 Å². The fourth-order valence-corrected chi connectivity index (χ4v) is 7.88. The van der Waals surface area contributed by atoms with E-state index in [1.165, 1.54) is 13.8 Å². The lowest BCUT2D eigenvalue weighted by molar-refractivity contribution is -0.301. The second kappa shape index (κ2) is 16.8. The summed E-state index contributed by atoms with van der Waals surface area (Å²) in [5.41, 5.74) is -0.600. The van der Waals surface area contributed by atoms with Crippen molar-refractivity contribution in [3.63, 3.8) is 0 Å². The number of ether oxygens (including phenoxy) is 4. The highest BCUT2D eigenvalue weighted by atomic mass is 16.7. The normalized spacial score (nSPS) is 24.4. The number of aromatic hydroxyl groups is 1. The van der Waals surface area contributed by atoms with Gasteiger partial charge in [-0.25, -0.2) is 4.68 Å². The Bertz CT molecular complexity index is 2390. The third-order valence-corrected chi connectivity index (χ3v) is 11.1. The first kappa shape index (κ1) is 39.4. The van der Waals surface area contributed by atoms with Crippen LogP contribution < -0.4 is 22.0 Å². The summed E-state index contributed by atoms with van der Waals surface area (Å²) in [5, 5.41) is 60.9. The van der Waals surface area contributed by atoms with Crippen LogP contribution >= 0.6 is 0 Å². The Balaban J connectivity index is 1.13. The average Bonchev–Trinajstić information content (AvgIpc) is 3.69. The highest BCUT2D eigenvalue weighted by Crippen LogP contribution is 2.36. The molecular weight excluding hydrogens is 748 g/mol. The molecule has 8 rings (SSSR count). The van der Waals surface area contributed by atoms with Gasteiger partial charge < -0.3 is 44.5 Å².